The number of amidine groups is 1. The zero-order chi connectivity index (χ0) is 19.7. The first-order valence-corrected chi connectivity index (χ1v) is 9.12. The van der Waals surface area contributed by atoms with Gasteiger partial charge >= 0.3 is 0 Å². The molecule has 8 heteroatoms. The molecule has 3 heterocycles. The summed E-state index contributed by atoms with van der Waals surface area (Å²) in [6.07, 6.45) is 7.18. The molecule has 3 N–H and O–H groups in total. The van der Waals surface area contributed by atoms with Crippen LogP contribution in [-0.4, -0.2) is 43.0 Å². The average Bonchev–Trinajstić information content (AvgIpc) is 3.23. The molecular formula is C20H23N7O. The number of aliphatic hydroxyl groups is 1. The second-order valence-electron chi connectivity index (χ2n) is 7.47. The molecule has 0 spiro atoms. The molecule has 0 bridgehead atoms. The normalized spacial score (nSPS) is 17.4. The lowest BCUT2D eigenvalue weighted by Gasteiger charge is -2.27. The molecule has 2 aliphatic rings. The Morgan fingerprint density at radius 3 is 2.68 bits per heavy atom. The summed E-state index contributed by atoms with van der Waals surface area (Å²) in [7, 11) is 0. The van der Waals surface area contributed by atoms with Gasteiger partial charge in [0.25, 0.3) is 0 Å². The first-order valence-electron chi connectivity index (χ1n) is 9.12. The van der Waals surface area contributed by atoms with Gasteiger partial charge in [-0.2, -0.15) is 5.21 Å². The molecule has 0 radical (unpaired) electrons. The van der Waals surface area contributed by atoms with E-state index in [4.69, 9.17) is 0 Å². The van der Waals surface area contributed by atoms with Crippen molar-refractivity contribution in [2.45, 2.75) is 32.4 Å². The van der Waals surface area contributed by atoms with E-state index in [1.807, 2.05) is 74.5 Å². The van der Waals surface area contributed by atoms with Crippen molar-refractivity contribution in [1.82, 2.24) is 30.8 Å². The van der Waals surface area contributed by atoms with Crippen molar-refractivity contribution in [1.29, 1.82) is 0 Å². The number of aliphatic hydroxyl groups excluding tert-OH is 1. The summed E-state index contributed by atoms with van der Waals surface area (Å²) in [5.74, 6) is 1.53. The van der Waals surface area contributed by atoms with Crippen molar-refractivity contribution in [3.63, 3.8) is 0 Å². The Morgan fingerprint density at radius 1 is 1.18 bits per heavy atom. The van der Waals surface area contributed by atoms with E-state index < -0.39 is 6.23 Å². The second-order valence-corrected chi connectivity index (χ2v) is 7.47. The van der Waals surface area contributed by atoms with Crippen LogP contribution in [0.5, 0.6) is 0 Å². The van der Waals surface area contributed by atoms with Crippen LogP contribution in [0.2, 0.25) is 0 Å². The molecule has 1 atom stereocenters. The summed E-state index contributed by atoms with van der Waals surface area (Å²) in [6.45, 7) is 6.61. The van der Waals surface area contributed by atoms with Crippen molar-refractivity contribution in [3.05, 3.63) is 77.0 Å². The maximum atomic E-state index is 10.6. The van der Waals surface area contributed by atoms with Gasteiger partial charge in [0.2, 0.25) is 0 Å². The number of allylic oxidation sites excluding steroid dienone is 2. The van der Waals surface area contributed by atoms with Gasteiger partial charge in [-0.05, 0) is 38.0 Å². The Hall–Kier alpha value is -3.26. The Labute approximate surface area is 163 Å². The third-order valence-corrected chi connectivity index (χ3v) is 4.98. The number of hydrogen-bond donors (Lipinski definition) is 3. The van der Waals surface area contributed by atoms with Crippen LogP contribution >= 0.6 is 0 Å². The Morgan fingerprint density at radius 2 is 1.96 bits per heavy atom. The molecule has 1 aromatic carbocycles. The predicted molar refractivity (Wildman–Crippen MR) is 106 cm³/mol. The Balaban J connectivity index is 1.46. The van der Waals surface area contributed by atoms with Crippen molar-refractivity contribution >= 4 is 5.84 Å². The van der Waals surface area contributed by atoms with Gasteiger partial charge in [-0.1, -0.05) is 35.6 Å². The number of nitrogens with zero attached hydrogens (tertiary/aromatic N) is 5. The highest BCUT2D eigenvalue weighted by molar-refractivity contribution is 5.96. The maximum Gasteiger partial charge on any atom is 0.184 e. The van der Waals surface area contributed by atoms with E-state index in [9.17, 15) is 5.11 Å². The standard InChI is InChI=1S/C20H23N7O/c1-13-4-9-17-21-10-16(12-27(17)11-13)22-18(28)14-5-7-15(8-6-14)20(2,3)19-23-25-26-24-19/h4-9,11-12,18,22,28H,10H2,1-3H3,(H,23,24,25,26)/t18-/m1/s1. The molecule has 1 aromatic heterocycles. The summed E-state index contributed by atoms with van der Waals surface area (Å²) in [5.41, 5.74) is 3.43. The van der Waals surface area contributed by atoms with Gasteiger partial charge in [-0.15, -0.1) is 10.2 Å². The molecule has 28 heavy (non-hydrogen) atoms. The average molecular weight is 377 g/mol. The first-order chi connectivity index (χ1) is 13.4. The minimum absolute atomic E-state index is 0.382. The van der Waals surface area contributed by atoms with Gasteiger partial charge < -0.3 is 15.3 Å². The lowest BCUT2D eigenvalue weighted by molar-refractivity contribution is 0.150. The zero-order valence-corrected chi connectivity index (χ0v) is 16.1. The van der Waals surface area contributed by atoms with Crippen molar-refractivity contribution < 1.29 is 5.11 Å². The van der Waals surface area contributed by atoms with E-state index in [1.54, 1.807) is 0 Å². The molecule has 0 amide bonds. The van der Waals surface area contributed by atoms with Crippen LogP contribution in [0.15, 0.2) is 65.1 Å². The van der Waals surface area contributed by atoms with E-state index in [1.165, 1.54) is 0 Å². The summed E-state index contributed by atoms with van der Waals surface area (Å²) in [5, 5.41) is 28.1. The molecule has 2 aliphatic heterocycles. The molecule has 0 fully saturated rings. The number of aliphatic imine (C=N–C) groups is 1. The molecule has 0 unspecified atom stereocenters. The molecule has 8 nitrogen and oxygen atoms in total. The van der Waals surface area contributed by atoms with E-state index in [-0.39, 0.29) is 5.41 Å². The van der Waals surface area contributed by atoms with Crippen LogP contribution in [0.4, 0.5) is 0 Å². The Bertz CT molecular complexity index is 968. The lowest BCUT2D eigenvalue weighted by atomic mass is 9.83. The minimum Gasteiger partial charge on any atom is -0.369 e. The Kier molecular flexibility index (Phi) is 4.56. The van der Waals surface area contributed by atoms with E-state index in [0.717, 1.165) is 28.2 Å². The molecule has 4 rings (SSSR count). The van der Waals surface area contributed by atoms with E-state index in [2.05, 4.69) is 30.9 Å². The second kappa shape index (κ2) is 7.05. The predicted octanol–water partition coefficient (Wildman–Crippen LogP) is 2.14. The van der Waals surface area contributed by atoms with Crippen LogP contribution < -0.4 is 5.32 Å². The minimum atomic E-state index is -0.823. The van der Waals surface area contributed by atoms with Gasteiger partial charge in [0.05, 0.1) is 17.7 Å². The number of nitrogens with one attached hydrogen (secondary N) is 2. The molecule has 0 aliphatic carbocycles. The number of aromatic nitrogens is 4. The van der Waals surface area contributed by atoms with Gasteiger partial charge in [-0.25, -0.2) is 0 Å². The van der Waals surface area contributed by atoms with Crippen LogP contribution in [0.1, 0.15) is 44.0 Å². The maximum absolute atomic E-state index is 10.6. The topological polar surface area (TPSA) is 102 Å². The van der Waals surface area contributed by atoms with Crippen LogP contribution in [0.25, 0.3) is 0 Å². The number of aromatic amines is 1. The number of tetrazole rings is 1. The fraction of sp³-hybridized carbons (Fsp3) is 0.300. The largest absolute Gasteiger partial charge is 0.369 e. The third-order valence-electron chi connectivity index (χ3n) is 4.98. The van der Waals surface area contributed by atoms with Crippen LogP contribution in [-0.2, 0) is 5.41 Å². The highest BCUT2D eigenvalue weighted by atomic mass is 16.3. The first kappa shape index (κ1) is 18.1. The fourth-order valence-corrected chi connectivity index (χ4v) is 3.21. The van der Waals surface area contributed by atoms with E-state index in [0.29, 0.717) is 12.4 Å². The van der Waals surface area contributed by atoms with Crippen molar-refractivity contribution in [2.75, 3.05) is 6.54 Å². The summed E-state index contributed by atoms with van der Waals surface area (Å²) in [4.78, 5) is 6.50. The summed E-state index contributed by atoms with van der Waals surface area (Å²) >= 11 is 0. The highest BCUT2D eigenvalue weighted by Crippen LogP contribution is 2.29. The monoisotopic (exact) mass is 377 g/mol. The molecule has 144 valence electrons. The number of rotatable bonds is 5. The van der Waals surface area contributed by atoms with Gasteiger partial charge in [0, 0.05) is 18.0 Å². The molecular weight excluding hydrogens is 354 g/mol. The number of hydrogen-bond acceptors (Lipinski definition) is 7. The lowest BCUT2D eigenvalue weighted by Crippen LogP contribution is -2.31. The summed E-state index contributed by atoms with van der Waals surface area (Å²) < 4.78 is 0. The quantitative estimate of drug-likeness (QED) is 0.690. The number of H-pyrrole nitrogens is 1. The van der Waals surface area contributed by atoms with Crippen molar-refractivity contribution in [2.24, 2.45) is 4.99 Å². The van der Waals surface area contributed by atoms with E-state index >= 15 is 0 Å². The highest BCUT2D eigenvalue weighted by Gasteiger charge is 2.28. The zero-order valence-electron chi connectivity index (χ0n) is 16.1. The molecule has 2 aromatic rings. The van der Waals surface area contributed by atoms with Gasteiger partial charge in [0.1, 0.15) is 5.84 Å². The van der Waals surface area contributed by atoms with Gasteiger partial charge in [-0.3, -0.25) is 4.99 Å². The third kappa shape index (κ3) is 3.46. The fourth-order valence-electron chi connectivity index (χ4n) is 3.21. The number of benzene rings is 1. The van der Waals surface area contributed by atoms with Crippen LogP contribution in [0.3, 0.4) is 0 Å². The number of fused-ring (bicyclic) bond motifs is 1. The molecule has 0 saturated heterocycles. The molecule has 0 saturated carbocycles. The summed E-state index contributed by atoms with van der Waals surface area (Å²) in [6, 6.07) is 7.76. The SMILES string of the molecule is CC1=CN2C=C(N[C@H](O)c3ccc(C(C)(C)c4nn[nH]n4)cc3)CN=C2C=C1. The van der Waals surface area contributed by atoms with Gasteiger partial charge in [0.15, 0.2) is 12.1 Å². The van der Waals surface area contributed by atoms with Crippen LogP contribution in [0, 0.1) is 0 Å². The smallest absolute Gasteiger partial charge is 0.184 e. The van der Waals surface area contributed by atoms with Crippen molar-refractivity contribution in [3.8, 4) is 0 Å².